The van der Waals surface area contributed by atoms with Gasteiger partial charge in [-0.1, -0.05) is 84.4 Å². The summed E-state index contributed by atoms with van der Waals surface area (Å²) in [6.07, 6.45) is 2.74. The van der Waals surface area contributed by atoms with Crippen molar-refractivity contribution in [3.05, 3.63) is 130 Å². The molecular formula is C36H37ClN2O3S. The number of likely N-dealkylation sites (tertiary alicyclic amines) is 1. The molecule has 1 unspecified atom stereocenters. The normalized spacial score (nSPS) is 19.5. The summed E-state index contributed by atoms with van der Waals surface area (Å²) in [7, 11) is 0. The van der Waals surface area contributed by atoms with E-state index in [9.17, 15) is 9.90 Å². The first-order valence-corrected chi connectivity index (χ1v) is 16.3. The lowest BCUT2D eigenvalue weighted by Gasteiger charge is -2.40. The van der Waals surface area contributed by atoms with Gasteiger partial charge in [0.05, 0.1) is 5.60 Å². The predicted octanol–water partition coefficient (Wildman–Crippen LogP) is 7.78. The molecule has 1 amide bonds. The van der Waals surface area contributed by atoms with Crippen molar-refractivity contribution in [1.29, 1.82) is 0 Å². The van der Waals surface area contributed by atoms with Crippen molar-refractivity contribution in [1.82, 2.24) is 10.2 Å². The zero-order chi connectivity index (χ0) is 29.7. The predicted molar refractivity (Wildman–Crippen MR) is 174 cm³/mol. The monoisotopic (exact) mass is 612 g/mol. The van der Waals surface area contributed by atoms with E-state index in [0.29, 0.717) is 30.2 Å². The SMILES string of the molecule is O=C(NCC1(CCCN2CCC(O)(c3ccc(Cl)cc3)CC2)c2ccccc2CSc2ccccc21)Oc1ccccc1. The summed E-state index contributed by atoms with van der Waals surface area (Å²) in [4.78, 5) is 16.8. The van der Waals surface area contributed by atoms with Crippen LogP contribution in [0.25, 0.3) is 0 Å². The molecule has 1 saturated heterocycles. The number of thioether (sulfide) groups is 1. The second kappa shape index (κ2) is 13.1. The molecule has 0 bridgehead atoms. The van der Waals surface area contributed by atoms with Crippen molar-refractivity contribution in [2.75, 3.05) is 26.2 Å². The molecule has 0 radical (unpaired) electrons. The van der Waals surface area contributed by atoms with Crippen LogP contribution in [-0.2, 0) is 16.8 Å². The van der Waals surface area contributed by atoms with E-state index in [4.69, 9.17) is 16.3 Å². The Morgan fingerprint density at radius 3 is 2.33 bits per heavy atom. The molecule has 222 valence electrons. The zero-order valence-electron chi connectivity index (χ0n) is 24.2. The molecule has 0 aliphatic carbocycles. The maximum absolute atomic E-state index is 13.0. The van der Waals surface area contributed by atoms with Crippen LogP contribution in [0, 0.1) is 0 Å². The lowest BCUT2D eigenvalue weighted by molar-refractivity contribution is -0.0262. The number of nitrogens with one attached hydrogen (secondary N) is 1. The van der Waals surface area contributed by atoms with E-state index in [0.717, 1.165) is 43.8 Å². The molecule has 0 saturated carbocycles. The van der Waals surface area contributed by atoms with Gasteiger partial charge < -0.3 is 20.1 Å². The molecule has 2 aliphatic heterocycles. The number of halogens is 1. The van der Waals surface area contributed by atoms with Crippen LogP contribution in [0.2, 0.25) is 5.02 Å². The van der Waals surface area contributed by atoms with Gasteiger partial charge in [0.2, 0.25) is 0 Å². The van der Waals surface area contributed by atoms with E-state index in [2.05, 4.69) is 58.7 Å². The summed E-state index contributed by atoms with van der Waals surface area (Å²) in [6, 6.07) is 34.1. The summed E-state index contributed by atoms with van der Waals surface area (Å²) in [6.45, 7) is 3.02. The van der Waals surface area contributed by atoms with Gasteiger partial charge in [-0.2, -0.15) is 0 Å². The molecule has 6 rings (SSSR count). The van der Waals surface area contributed by atoms with E-state index in [1.807, 2.05) is 54.2 Å². The van der Waals surface area contributed by atoms with Crippen LogP contribution >= 0.6 is 23.4 Å². The van der Waals surface area contributed by atoms with E-state index in [1.165, 1.54) is 21.6 Å². The van der Waals surface area contributed by atoms with Crippen LogP contribution in [0.4, 0.5) is 4.79 Å². The molecule has 5 nitrogen and oxygen atoms in total. The number of piperidine rings is 1. The topological polar surface area (TPSA) is 61.8 Å². The minimum Gasteiger partial charge on any atom is -0.410 e. The highest BCUT2D eigenvalue weighted by Gasteiger charge is 2.40. The quantitative estimate of drug-likeness (QED) is 0.213. The lowest BCUT2D eigenvalue weighted by Crippen LogP contribution is -2.45. The summed E-state index contributed by atoms with van der Waals surface area (Å²) in [5.74, 6) is 1.41. The molecule has 1 atom stereocenters. The minimum atomic E-state index is -0.818. The van der Waals surface area contributed by atoms with Crippen LogP contribution in [0.5, 0.6) is 5.75 Å². The summed E-state index contributed by atoms with van der Waals surface area (Å²) < 4.78 is 5.63. The largest absolute Gasteiger partial charge is 0.412 e. The molecule has 0 spiro atoms. The van der Waals surface area contributed by atoms with Gasteiger partial charge in [0, 0.05) is 40.7 Å². The number of benzene rings is 4. The van der Waals surface area contributed by atoms with Crippen molar-refractivity contribution in [3.63, 3.8) is 0 Å². The number of carbonyl (C=O) groups is 1. The molecule has 1 fully saturated rings. The first kappa shape index (κ1) is 29.8. The number of amides is 1. The van der Waals surface area contributed by atoms with Crippen LogP contribution in [0.1, 0.15) is 47.9 Å². The standard InChI is InChI=1S/C36H37ClN2O3S/c37-29-17-15-28(16-18-29)36(41)20-23-39(24-21-36)22-8-19-35(26-38-34(40)42-30-10-2-1-3-11-30)31-12-5-4-9-27(31)25-43-33-14-7-6-13-32(33)35/h1-7,9-18,41H,8,19-26H2,(H,38,40). The van der Waals surface area contributed by atoms with Gasteiger partial charge in [-0.05, 0) is 84.8 Å². The minimum absolute atomic E-state index is 0.410. The van der Waals surface area contributed by atoms with Crippen LogP contribution < -0.4 is 10.1 Å². The van der Waals surface area contributed by atoms with Gasteiger partial charge in [-0.25, -0.2) is 4.79 Å². The molecule has 4 aromatic rings. The third-order valence-electron chi connectivity index (χ3n) is 8.95. The summed E-state index contributed by atoms with van der Waals surface area (Å²) in [5.41, 5.74) is 3.53. The third-order valence-corrected chi connectivity index (χ3v) is 10.3. The fourth-order valence-corrected chi connectivity index (χ4v) is 7.89. The highest BCUT2D eigenvalue weighted by atomic mass is 35.5. The Morgan fingerprint density at radius 1 is 0.884 bits per heavy atom. The Labute approximate surface area is 263 Å². The zero-order valence-corrected chi connectivity index (χ0v) is 25.7. The van der Waals surface area contributed by atoms with Gasteiger partial charge in [-0.3, -0.25) is 0 Å². The molecule has 7 heteroatoms. The average molecular weight is 613 g/mol. The van der Waals surface area contributed by atoms with Gasteiger partial charge in [0.1, 0.15) is 5.75 Å². The van der Waals surface area contributed by atoms with Crippen molar-refractivity contribution in [2.24, 2.45) is 0 Å². The van der Waals surface area contributed by atoms with Gasteiger partial charge in [0.15, 0.2) is 0 Å². The molecular weight excluding hydrogens is 576 g/mol. The first-order valence-electron chi connectivity index (χ1n) is 15.0. The van der Waals surface area contributed by atoms with E-state index >= 15 is 0 Å². The Balaban J connectivity index is 1.21. The maximum Gasteiger partial charge on any atom is 0.412 e. The van der Waals surface area contributed by atoms with Gasteiger partial charge >= 0.3 is 6.09 Å². The molecule has 2 heterocycles. The lowest BCUT2D eigenvalue weighted by atomic mass is 9.69. The van der Waals surface area contributed by atoms with Crippen molar-refractivity contribution >= 4 is 29.5 Å². The second-order valence-electron chi connectivity index (χ2n) is 11.6. The number of nitrogens with zero attached hydrogens (tertiary/aromatic N) is 1. The Bertz CT molecular complexity index is 1490. The van der Waals surface area contributed by atoms with Gasteiger partial charge in [-0.15, -0.1) is 11.8 Å². The van der Waals surface area contributed by atoms with E-state index in [1.54, 1.807) is 12.1 Å². The number of hydrogen-bond donors (Lipinski definition) is 2. The number of hydrogen-bond acceptors (Lipinski definition) is 5. The Kier molecular flexibility index (Phi) is 9.10. The smallest absolute Gasteiger partial charge is 0.410 e. The first-order chi connectivity index (χ1) is 21.0. The molecule has 43 heavy (non-hydrogen) atoms. The maximum atomic E-state index is 13.0. The second-order valence-corrected chi connectivity index (χ2v) is 13.0. The van der Waals surface area contributed by atoms with Gasteiger partial charge in [0.25, 0.3) is 0 Å². The highest BCUT2D eigenvalue weighted by Crippen LogP contribution is 2.47. The number of ether oxygens (including phenoxy) is 1. The fourth-order valence-electron chi connectivity index (χ4n) is 6.60. The Morgan fingerprint density at radius 2 is 1.56 bits per heavy atom. The molecule has 2 N–H and O–H groups in total. The summed E-state index contributed by atoms with van der Waals surface area (Å²) in [5, 5.41) is 15.2. The molecule has 0 aromatic heterocycles. The van der Waals surface area contributed by atoms with Crippen molar-refractivity contribution in [3.8, 4) is 5.75 Å². The third kappa shape index (κ3) is 6.63. The number of para-hydroxylation sites is 1. The van der Waals surface area contributed by atoms with Crippen LogP contribution in [-0.4, -0.2) is 42.3 Å². The number of aliphatic hydroxyl groups is 1. The van der Waals surface area contributed by atoms with Crippen LogP contribution in [0.15, 0.2) is 108 Å². The van der Waals surface area contributed by atoms with Crippen molar-refractivity contribution < 1.29 is 14.6 Å². The van der Waals surface area contributed by atoms with E-state index < -0.39 is 17.1 Å². The average Bonchev–Trinajstić information content (AvgIpc) is 3.17. The van der Waals surface area contributed by atoms with Crippen LogP contribution in [0.3, 0.4) is 0 Å². The number of fused-ring (bicyclic) bond motifs is 2. The van der Waals surface area contributed by atoms with Crippen molar-refractivity contribution in [2.45, 2.75) is 47.3 Å². The van der Waals surface area contributed by atoms with E-state index in [-0.39, 0.29) is 0 Å². The molecule has 4 aromatic carbocycles. The Hall–Kier alpha value is -3.29. The molecule has 2 aliphatic rings. The number of rotatable bonds is 8. The highest BCUT2D eigenvalue weighted by molar-refractivity contribution is 7.98. The fraction of sp³-hybridized carbons (Fsp3) is 0.306. The number of carbonyl (C=O) groups excluding carboxylic acids is 1. The summed E-state index contributed by atoms with van der Waals surface area (Å²) >= 11 is 7.94.